The second-order valence-corrected chi connectivity index (χ2v) is 18.6. The van der Waals surface area contributed by atoms with Crippen molar-refractivity contribution in [3.05, 3.63) is 58.5 Å². The fraction of sp³-hybridized carbons (Fsp3) is 0.542. The number of halogens is 1. The predicted octanol–water partition coefficient (Wildman–Crippen LogP) is 2.89. The van der Waals surface area contributed by atoms with E-state index in [-0.39, 0.29) is 137 Å². The van der Waals surface area contributed by atoms with Gasteiger partial charge in [0.15, 0.2) is 11.6 Å². The van der Waals surface area contributed by atoms with Gasteiger partial charge in [-0.25, -0.2) is 15.0 Å². The first kappa shape index (κ1) is 54.4. The van der Waals surface area contributed by atoms with Crippen LogP contribution < -0.4 is 16.4 Å². The van der Waals surface area contributed by atoms with Crippen molar-refractivity contribution in [1.29, 1.82) is 0 Å². The first-order valence-electron chi connectivity index (χ1n) is 23.4. The first-order valence-corrected chi connectivity index (χ1v) is 24.2. The largest absolute Gasteiger partial charge is 0.468 e. The number of Topliss-reactive ketones (excluding diaryl/α,β-unsaturated/α-hetero) is 3. The minimum atomic E-state index is -0.807. The van der Waals surface area contributed by atoms with Gasteiger partial charge in [-0.3, -0.25) is 43.2 Å². The summed E-state index contributed by atoms with van der Waals surface area (Å²) in [4.78, 5) is 108. The number of carbonyl (C=O) groups is 7. The average molecular weight is 1050 g/mol. The Balaban J connectivity index is 0.847. The van der Waals surface area contributed by atoms with Crippen LogP contribution in [0.15, 0.2) is 41.4 Å². The molecule has 0 aromatic carbocycles. The summed E-state index contributed by atoms with van der Waals surface area (Å²) < 4.78 is 28.2. The van der Waals surface area contributed by atoms with Crippen molar-refractivity contribution in [3.63, 3.8) is 0 Å². The number of nitrogens with two attached hydrogens (primary N) is 1. The number of nitrogens with one attached hydrogen (secondary N) is 2. The minimum absolute atomic E-state index is 0.00906. The van der Waals surface area contributed by atoms with E-state index >= 15 is 0 Å². The number of ketones is 3. The molecule has 71 heavy (non-hydrogen) atoms. The summed E-state index contributed by atoms with van der Waals surface area (Å²) in [5.74, 6) is -1.02. The van der Waals surface area contributed by atoms with Crippen molar-refractivity contribution in [3.8, 4) is 11.3 Å². The molecule has 4 N–H and O–H groups in total. The number of hydrogen-bond donors (Lipinski definition) is 3. The Morgan fingerprint density at radius 2 is 1.61 bits per heavy atom. The molecular weight excluding hydrogens is 988 g/mol. The van der Waals surface area contributed by atoms with Gasteiger partial charge in [-0.15, -0.1) is 0 Å². The standard InChI is InChI=1S/C48H61BrN10O12/c1-29-7-11-40(49)55-45(29)56-46(65)37-21-48(3)22-39(48)59(37)43(64)26-58-38-25-52-36(20-34(38)44(57-58)30(2)60)31-23-53-41(54-24-31)12-9-33(62)27-70-18-17-69-15-13-51-42(63)28-71-19-16-68-14-5-6-32(61)8-10-35(50)47(66)67-4/h7,11,20,23-25,35,37,39H,5-6,8-10,12-19,21-22,26-28,50H2,1-4H3,(H,51,63)(H,55,56,65)/t35-,37-,39+,48-/m0/s1. The van der Waals surface area contributed by atoms with E-state index in [0.29, 0.717) is 64.3 Å². The lowest BCUT2D eigenvalue weighted by Gasteiger charge is -2.27. The van der Waals surface area contributed by atoms with E-state index in [9.17, 15) is 33.6 Å². The second kappa shape index (κ2) is 25.9. The van der Waals surface area contributed by atoms with Crippen LogP contribution in [0, 0.1) is 12.3 Å². The van der Waals surface area contributed by atoms with E-state index < -0.39 is 18.1 Å². The Kier molecular flexibility index (Phi) is 19.9. The lowest BCUT2D eigenvalue weighted by molar-refractivity contribution is -0.142. The number of methoxy groups -OCH3 is 1. The average Bonchev–Trinajstić information content (AvgIpc) is 3.71. The van der Waals surface area contributed by atoms with Crippen molar-refractivity contribution in [2.24, 2.45) is 11.1 Å². The topological polar surface area (TPSA) is 288 Å². The number of likely N-dealkylation sites (tertiary alicyclic amines) is 1. The van der Waals surface area contributed by atoms with Gasteiger partial charge in [0, 0.05) is 75.1 Å². The molecule has 0 unspecified atom stereocenters. The molecule has 0 radical (unpaired) electrons. The van der Waals surface area contributed by atoms with Gasteiger partial charge in [-0.2, -0.15) is 5.10 Å². The number of amides is 3. The molecule has 0 bridgehead atoms. The second-order valence-electron chi connectivity index (χ2n) is 17.7. The molecule has 2 aliphatic rings. The summed E-state index contributed by atoms with van der Waals surface area (Å²) in [7, 11) is 1.25. The summed E-state index contributed by atoms with van der Waals surface area (Å²) >= 11 is 3.35. The molecular formula is C48H61BrN10O12. The van der Waals surface area contributed by atoms with Crippen LogP contribution in [0.5, 0.6) is 0 Å². The van der Waals surface area contributed by atoms with Crippen LogP contribution in [0.1, 0.15) is 80.7 Å². The van der Waals surface area contributed by atoms with Gasteiger partial charge in [0.2, 0.25) is 17.7 Å². The number of pyridine rings is 2. The highest BCUT2D eigenvalue weighted by Crippen LogP contribution is 2.59. The van der Waals surface area contributed by atoms with Gasteiger partial charge in [0.1, 0.15) is 59.6 Å². The number of aryl methyl sites for hydroxylation is 2. The predicted molar refractivity (Wildman–Crippen MR) is 259 cm³/mol. The number of aromatic nitrogens is 6. The third-order valence-electron chi connectivity index (χ3n) is 12.2. The van der Waals surface area contributed by atoms with E-state index in [1.54, 1.807) is 35.6 Å². The summed E-state index contributed by atoms with van der Waals surface area (Å²) in [6.45, 7) is 6.65. The van der Waals surface area contributed by atoms with Crippen LogP contribution in [0.25, 0.3) is 22.2 Å². The molecule has 6 rings (SSSR count). The molecule has 22 nitrogen and oxygen atoms in total. The van der Waals surface area contributed by atoms with Gasteiger partial charge < -0.3 is 45.0 Å². The van der Waals surface area contributed by atoms with Crippen molar-refractivity contribution in [1.82, 2.24) is 39.9 Å². The summed E-state index contributed by atoms with van der Waals surface area (Å²) in [5, 5.41) is 10.6. The number of nitrogens with zero attached hydrogens (tertiary/aromatic N) is 7. The van der Waals surface area contributed by atoms with Crippen molar-refractivity contribution in [2.45, 2.75) is 96.8 Å². The Bertz CT molecular complexity index is 2560. The number of hydrogen-bond acceptors (Lipinski definition) is 18. The van der Waals surface area contributed by atoms with E-state index in [2.05, 4.69) is 63.3 Å². The van der Waals surface area contributed by atoms with Gasteiger partial charge in [0.05, 0.1) is 57.6 Å². The Morgan fingerprint density at radius 1 is 0.887 bits per heavy atom. The number of fused-ring (bicyclic) bond motifs is 2. The number of piperidine rings is 1. The van der Waals surface area contributed by atoms with Crippen molar-refractivity contribution >= 4 is 73.7 Å². The van der Waals surface area contributed by atoms with Gasteiger partial charge in [0.25, 0.3) is 0 Å². The van der Waals surface area contributed by atoms with Crippen LogP contribution in [0.2, 0.25) is 0 Å². The number of ether oxygens (including phenoxy) is 5. The zero-order valence-electron chi connectivity index (χ0n) is 40.4. The minimum Gasteiger partial charge on any atom is -0.468 e. The molecule has 1 saturated carbocycles. The summed E-state index contributed by atoms with van der Waals surface area (Å²) in [5.41, 5.74) is 7.98. The zero-order valence-corrected chi connectivity index (χ0v) is 42.0. The number of rotatable bonds is 30. The molecule has 2 fully saturated rings. The first-order chi connectivity index (χ1) is 34.1. The van der Waals surface area contributed by atoms with Crippen LogP contribution in [-0.2, 0) is 65.4 Å². The summed E-state index contributed by atoms with van der Waals surface area (Å²) in [6, 6.07) is 3.76. The van der Waals surface area contributed by atoms with Crippen LogP contribution in [-0.4, -0.2) is 160 Å². The van der Waals surface area contributed by atoms with E-state index in [0.717, 1.165) is 12.0 Å². The molecule has 23 heteroatoms. The quantitative estimate of drug-likeness (QED) is 0.0293. The monoisotopic (exact) mass is 1050 g/mol. The maximum Gasteiger partial charge on any atom is 0.322 e. The van der Waals surface area contributed by atoms with Crippen molar-refractivity contribution < 1.29 is 57.2 Å². The molecule has 3 amide bonds. The lowest BCUT2D eigenvalue weighted by atomic mass is 10.0. The molecule has 1 aliphatic heterocycles. The highest BCUT2D eigenvalue weighted by atomic mass is 79.9. The molecule has 4 atom stereocenters. The zero-order chi connectivity index (χ0) is 51.1. The van der Waals surface area contributed by atoms with Crippen LogP contribution >= 0.6 is 15.9 Å². The highest BCUT2D eigenvalue weighted by molar-refractivity contribution is 9.10. The van der Waals surface area contributed by atoms with E-state index in [4.69, 9.17) is 24.7 Å². The fourth-order valence-electron chi connectivity index (χ4n) is 8.14. The molecule has 1 saturated heterocycles. The molecule has 4 aromatic rings. The van der Waals surface area contributed by atoms with Gasteiger partial charge >= 0.3 is 5.97 Å². The Hall–Kier alpha value is -5.98. The van der Waals surface area contributed by atoms with E-state index in [1.165, 1.54) is 18.7 Å². The third-order valence-corrected chi connectivity index (χ3v) is 12.6. The smallest absolute Gasteiger partial charge is 0.322 e. The Labute approximate surface area is 419 Å². The number of anilines is 1. The van der Waals surface area contributed by atoms with E-state index in [1.807, 2.05) is 13.0 Å². The molecule has 5 heterocycles. The third kappa shape index (κ3) is 15.5. The molecule has 1 aliphatic carbocycles. The Morgan fingerprint density at radius 3 is 2.34 bits per heavy atom. The van der Waals surface area contributed by atoms with Gasteiger partial charge in [-0.1, -0.05) is 13.0 Å². The number of carbonyl (C=O) groups excluding carboxylic acids is 7. The number of esters is 1. The summed E-state index contributed by atoms with van der Waals surface area (Å²) in [6.07, 6.45) is 7.77. The van der Waals surface area contributed by atoms with Crippen molar-refractivity contribution in [2.75, 3.05) is 71.8 Å². The van der Waals surface area contributed by atoms with Crippen LogP contribution in [0.4, 0.5) is 5.82 Å². The molecule has 4 aromatic heterocycles. The fourth-order valence-corrected chi connectivity index (χ4v) is 8.45. The normalized spacial score (nSPS) is 17.4. The molecule has 382 valence electrons. The maximum absolute atomic E-state index is 14.0. The SMILES string of the molecule is COC(=O)[C@@H](N)CCC(=O)CCCOCCOCC(=O)NCCOCCOCC(=O)CCc1ncc(-c2cc3c(C(C)=O)nn(CC(=O)N4[C@H](C(=O)Nc5nc(Br)ccc5C)C[C@@]5(C)C[C@@H]45)c3cn2)cn1. The maximum atomic E-state index is 14.0. The highest BCUT2D eigenvalue weighted by Gasteiger charge is 2.64. The van der Waals surface area contributed by atoms with Gasteiger partial charge in [-0.05, 0) is 71.6 Å². The van der Waals surface area contributed by atoms with Crippen LogP contribution in [0.3, 0.4) is 0 Å². The molecule has 0 spiro atoms. The lowest BCUT2D eigenvalue weighted by Crippen LogP contribution is -2.47.